The number of unbranched alkanes of at least 4 members (excludes halogenated alkanes) is 8. The minimum absolute atomic E-state index is 0.619. The number of nitrogens with zero attached hydrogens (tertiary/aromatic N) is 3. The highest BCUT2D eigenvalue weighted by Gasteiger charge is 2.10. The van der Waals surface area contributed by atoms with Crippen LogP contribution in [0.3, 0.4) is 0 Å². The van der Waals surface area contributed by atoms with Gasteiger partial charge in [0.1, 0.15) is 12.7 Å². The molecule has 1 aromatic heterocycles. The van der Waals surface area contributed by atoms with Gasteiger partial charge in [-0.25, -0.2) is 0 Å². The molecule has 0 aliphatic rings. The van der Waals surface area contributed by atoms with Crippen LogP contribution in [0.25, 0.3) is 0 Å². The van der Waals surface area contributed by atoms with Crippen LogP contribution in [0.1, 0.15) is 96.9 Å². The maximum Gasteiger partial charge on any atom is 0.119 e. The molecule has 1 heterocycles. The molecule has 0 fully saturated rings. The average Bonchev–Trinajstić information content (AvgIpc) is 2.98. The molecule has 0 unspecified atom stereocenters. The van der Waals surface area contributed by atoms with Crippen LogP contribution >= 0.6 is 0 Å². The molecule has 0 saturated carbocycles. The molecule has 0 radical (unpaired) electrons. The van der Waals surface area contributed by atoms with Crippen molar-refractivity contribution >= 4 is 0 Å². The van der Waals surface area contributed by atoms with Crippen molar-refractivity contribution in [1.82, 2.24) is 14.8 Å². The fourth-order valence-electron chi connectivity index (χ4n) is 2.81. The van der Waals surface area contributed by atoms with Crippen molar-refractivity contribution in [1.29, 1.82) is 0 Å². The van der Waals surface area contributed by atoms with Crippen molar-refractivity contribution in [2.75, 3.05) is 0 Å². The van der Waals surface area contributed by atoms with E-state index < -0.39 is 0 Å². The molecule has 3 heteroatoms. The highest BCUT2D eigenvalue weighted by molar-refractivity contribution is 4.73. The lowest BCUT2D eigenvalue weighted by atomic mass is 10.0. The van der Waals surface area contributed by atoms with E-state index in [0.717, 1.165) is 0 Å². The zero-order valence-electron chi connectivity index (χ0n) is 13.6. The van der Waals surface area contributed by atoms with Gasteiger partial charge >= 0.3 is 0 Å². The lowest BCUT2D eigenvalue weighted by Crippen LogP contribution is -2.07. The molecular weight excluding hydrogens is 246 g/mol. The summed E-state index contributed by atoms with van der Waals surface area (Å²) >= 11 is 0. The summed E-state index contributed by atoms with van der Waals surface area (Å²) in [6, 6.07) is 0.619. The van der Waals surface area contributed by atoms with Crippen LogP contribution in [0.4, 0.5) is 0 Å². The highest BCUT2D eigenvalue weighted by atomic mass is 15.2. The van der Waals surface area contributed by atoms with Crippen molar-refractivity contribution in [2.45, 2.75) is 96.9 Å². The normalized spacial score (nSPS) is 11.3. The van der Waals surface area contributed by atoms with Gasteiger partial charge in [0.2, 0.25) is 0 Å². The largest absolute Gasteiger partial charge is 0.317 e. The van der Waals surface area contributed by atoms with E-state index in [1.165, 1.54) is 77.0 Å². The molecule has 1 aromatic rings. The van der Waals surface area contributed by atoms with Gasteiger partial charge in [-0.3, -0.25) is 0 Å². The quantitative estimate of drug-likeness (QED) is 0.444. The van der Waals surface area contributed by atoms with Crippen LogP contribution in [0.5, 0.6) is 0 Å². The average molecular weight is 279 g/mol. The van der Waals surface area contributed by atoms with Crippen LogP contribution in [-0.2, 0) is 0 Å². The third-order valence-corrected chi connectivity index (χ3v) is 4.14. The van der Waals surface area contributed by atoms with E-state index in [1.807, 2.05) is 12.7 Å². The Labute approximate surface area is 125 Å². The summed E-state index contributed by atoms with van der Waals surface area (Å²) in [5.74, 6) is 0. The summed E-state index contributed by atoms with van der Waals surface area (Å²) in [4.78, 5) is 0. The predicted molar refractivity (Wildman–Crippen MR) is 85.8 cm³/mol. The van der Waals surface area contributed by atoms with Crippen LogP contribution in [0, 0.1) is 0 Å². The van der Waals surface area contributed by atoms with Gasteiger partial charge in [0, 0.05) is 6.04 Å². The van der Waals surface area contributed by atoms with Gasteiger partial charge in [-0.2, -0.15) is 0 Å². The minimum atomic E-state index is 0.619. The number of aromatic nitrogens is 3. The van der Waals surface area contributed by atoms with E-state index in [9.17, 15) is 0 Å². The molecule has 0 atom stereocenters. The topological polar surface area (TPSA) is 30.7 Å². The number of hydrogen-bond acceptors (Lipinski definition) is 2. The maximum atomic E-state index is 3.97. The monoisotopic (exact) mass is 279 g/mol. The Morgan fingerprint density at radius 3 is 1.60 bits per heavy atom. The van der Waals surface area contributed by atoms with Gasteiger partial charge in [0.15, 0.2) is 0 Å². The highest BCUT2D eigenvalue weighted by Crippen LogP contribution is 2.22. The molecule has 0 N–H and O–H groups in total. The Morgan fingerprint density at radius 1 is 0.700 bits per heavy atom. The smallest absolute Gasteiger partial charge is 0.119 e. The van der Waals surface area contributed by atoms with Gasteiger partial charge in [0.05, 0.1) is 0 Å². The first-order valence-corrected chi connectivity index (χ1v) is 8.72. The van der Waals surface area contributed by atoms with Crippen LogP contribution in [-0.4, -0.2) is 14.8 Å². The van der Waals surface area contributed by atoms with Crippen LogP contribution in [0.2, 0.25) is 0 Å². The molecule has 1 rings (SSSR count). The van der Waals surface area contributed by atoms with Gasteiger partial charge in [-0.05, 0) is 12.8 Å². The lowest BCUT2D eigenvalue weighted by Gasteiger charge is -2.17. The molecule has 0 amide bonds. The SMILES string of the molecule is CCCCCCCC(CCCCCCC)n1cnnc1. The van der Waals surface area contributed by atoms with Crippen LogP contribution in [0.15, 0.2) is 12.7 Å². The van der Waals surface area contributed by atoms with Crippen molar-refractivity contribution in [3.63, 3.8) is 0 Å². The fourth-order valence-corrected chi connectivity index (χ4v) is 2.81. The van der Waals surface area contributed by atoms with Crippen molar-refractivity contribution in [3.8, 4) is 0 Å². The minimum Gasteiger partial charge on any atom is -0.317 e. The van der Waals surface area contributed by atoms with Crippen molar-refractivity contribution < 1.29 is 0 Å². The van der Waals surface area contributed by atoms with Crippen LogP contribution < -0.4 is 0 Å². The Kier molecular flexibility index (Phi) is 10.3. The summed E-state index contributed by atoms with van der Waals surface area (Å²) in [5, 5.41) is 7.94. The first kappa shape index (κ1) is 17.2. The first-order valence-electron chi connectivity index (χ1n) is 8.72. The lowest BCUT2D eigenvalue weighted by molar-refractivity contribution is 0.394. The third kappa shape index (κ3) is 7.66. The second kappa shape index (κ2) is 11.9. The molecule has 0 saturated heterocycles. The number of rotatable bonds is 13. The molecule has 0 aromatic carbocycles. The summed E-state index contributed by atoms with van der Waals surface area (Å²) in [7, 11) is 0. The number of hydrogen-bond donors (Lipinski definition) is 0. The molecule has 0 bridgehead atoms. The Morgan fingerprint density at radius 2 is 1.15 bits per heavy atom. The summed E-state index contributed by atoms with van der Waals surface area (Å²) in [6.45, 7) is 4.55. The molecule has 20 heavy (non-hydrogen) atoms. The standard InChI is InChI=1S/C17H33N3/c1-3-5-7-9-11-13-17(20-15-18-19-16-20)14-12-10-8-6-4-2/h15-17H,3-14H2,1-2H3. The predicted octanol–water partition coefficient (Wildman–Crippen LogP) is 5.54. The van der Waals surface area contributed by atoms with E-state index in [-0.39, 0.29) is 0 Å². The van der Waals surface area contributed by atoms with Gasteiger partial charge in [-0.1, -0.05) is 78.1 Å². The zero-order valence-corrected chi connectivity index (χ0v) is 13.6. The van der Waals surface area contributed by atoms with E-state index in [2.05, 4.69) is 28.6 Å². The first-order chi connectivity index (χ1) is 9.88. The van der Waals surface area contributed by atoms with E-state index in [1.54, 1.807) is 0 Å². The van der Waals surface area contributed by atoms with Gasteiger partial charge < -0.3 is 4.57 Å². The molecular formula is C17H33N3. The molecule has 3 nitrogen and oxygen atoms in total. The van der Waals surface area contributed by atoms with Crippen molar-refractivity contribution in [2.24, 2.45) is 0 Å². The van der Waals surface area contributed by atoms with Crippen molar-refractivity contribution in [3.05, 3.63) is 12.7 Å². The maximum absolute atomic E-state index is 3.97. The Hall–Kier alpha value is -0.860. The van der Waals surface area contributed by atoms with E-state index in [4.69, 9.17) is 0 Å². The van der Waals surface area contributed by atoms with Gasteiger partial charge in [-0.15, -0.1) is 10.2 Å². The summed E-state index contributed by atoms with van der Waals surface area (Å²) < 4.78 is 2.22. The van der Waals surface area contributed by atoms with Gasteiger partial charge in [0.25, 0.3) is 0 Å². The molecule has 0 aliphatic heterocycles. The Bertz CT molecular complexity index is 281. The third-order valence-electron chi connectivity index (χ3n) is 4.14. The van der Waals surface area contributed by atoms with E-state index >= 15 is 0 Å². The zero-order chi connectivity index (χ0) is 14.5. The summed E-state index contributed by atoms with van der Waals surface area (Å²) in [6.07, 6.45) is 20.0. The van der Waals surface area contributed by atoms with E-state index in [0.29, 0.717) is 6.04 Å². The second-order valence-corrected chi connectivity index (χ2v) is 5.97. The molecule has 0 spiro atoms. The molecule has 0 aliphatic carbocycles. The summed E-state index contributed by atoms with van der Waals surface area (Å²) in [5.41, 5.74) is 0. The fraction of sp³-hybridized carbons (Fsp3) is 0.882. The second-order valence-electron chi connectivity index (χ2n) is 5.97. The Balaban J connectivity index is 2.22. The molecule has 116 valence electrons.